The van der Waals surface area contributed by atoms with Gasteiger partial charge in [0, 0.05) is 18.0 Å². The van der Waals surface area contributed by atoms with Gasteiger partial charge in [-0.3, -0.25) is 4.79 Å². The van der Waals surface area contributed by atoms with Crippen molar-refractivity contribution in [2.45, 2.75) is 0 Å². The van der Waals surface area contributed by atoms with Crippen LogP contribution in [-0.4, -0.2) is 21.1 Å². The summed E-state index contributed by atoms with van der Waals surface area (Å²) in [7, 11) is 0. The van der Waals surface area contributed by atoms with Gasteiger partial charge in [0.05, 0.1) is 0 Å². The van der Waals surface area contributed by atoms with Crippen LogP contribution in [0.3, 0.4) is 0 Å². The maximum atomic E-state index is 10.5. The summed E-state index contributed by atoms with van der Waals surface area (Å²) in [5.74, 6) is 0.625. The fourth-order valence-corrected chi connectivity index (χ4v) is 1.35. The highest BCUT2D eigenvalue weighted by atomic mass is 79.9. The number of rotatable bonds is 2. The number of carbonyl (C=O) groups excluding carboxylic acids is 1. The van der Waals surface area contributed by atoms with E-state index in [-0.39, 0.29) is 0 Å². The minimum Gasteiger partial charge on any atom is -0.298 e. The molecule has 0 saturated heterocycles. The van der Waals surface area contributed by atoms with Crippen LogP contribution in [0.15, 0.2) is 35.2 Å². The van der Waals surface area contributed by atoms with Crippen LogP contribution in [0.4, 0.5) is 0 Å². The average Bonchev–Trinajstić information content (AvgIpc) is 2.65. The SMILES string of the molecule is O=Cc1ccnc(-n2ccc(Br)n2)c1. The van der Waals surface area contributed by atoms with Gasteiger partial charge in [-0.2, -0.15) is 5.10 Å². The van der Waals surface area contributed by atoms with E-state index in [1.807, 2.05) is 0 Å². The van der Waals surface area contributed by atoms with Crippen LogP contribution >= 0.6 is 15.9 Å². The number of aldehydes is 1. The standard InChI is InChI=1S/C9H6BrN3O/c10-8-2-4-13(12-8)9-5-7(6-14)1-3-11-9/h1-6H. The van der Waals surface area contributed by atoms with Gasteiger partial charge in [-0.05, 0) is 34.1 Å². The third-order valence-electron chi connectivity index (χ3n) is 1.70. The van der Waals surface area contributed by atoms with Gasteiger partial charge in [-0.15, -0.1) is 0 Å². The number of nitrogens with zero attached hydrogens (tertiary/aromatic N) is 3. The molecule has 2 aromatic rings. The summed E-state index contributed by atoms with van der Waals surface area (Å²) in [4.78, 5) is 14.6. The molecule has 2 rings (SSSR count). The van der Waals surface area contributed by atoms with Gasteiger partial charge in [-0.1, -0.05) is 0 Å². The predicted molar refractivity (Wildman–Crippen MR) is 54.4 cm³/mol. The summed E-state index contributed by atoms with van der Waals surface area (Å²) in [6, 6.07) is 5.12. The Labute approximate surface area is 88.7 Å². The molecule has 4 nitrogen and oxygen atoms in total. The van der Waals surface area contributed by atoms with E-state index in [1.54, 1.807) is 35.3 Å². The molecule has 0 radical (unpaired) electrons. The van der Waals surface area contributed by atoms with Crippen LogP contribution in [0.2, 0.25) is 0 Å². The molecule has 0 saturated carbocycles. The van der Waals surface area contributed by atoms with E-state index in [2.05, 4.69) is 26.0 Å². The van der Waals surface area contributed by atoms with Crippen molar-refractivity contribution in [1.29, 1.82) is 0 Å². The first kappa shape index (κ1) is 9.08. The summed E-state index contributed by atoms with van der Waals surface area (Å²) in [6.07, 6.45) is 4.12. The third kappa shape index (κ3) is 1.72. The maximum absolute atomic E-state index is 10.5. The molecule has 2 heterocycles. The molecule has 0 aliphatic rings. The lowest BCUT2D eigenvalue weighted by molar-refractivity contribution is 0.112. The number of hydrogen-bond donors (Lipinski definition) is 0. The minimum atomic E-state index is 0.585. The van der Waals surface area contributed by atoms with Crippen molar-refractivity contribution in [2.75, 3.05) is 0 Å². The number of pyridine rings is 1. The normalized spacial score (nSPS) is 10.1. The van der Waals surface area contributed by atoms with E-state index in [4.69, 9.17) is 0 Å². The molecule has 0 N–H and O–H groups in total. The van der Waals surface area contributed by atoms with Crippen molar-refractivity contribution in [3.63, 3.8) is 0 Å². The Morgan fingerprint density at radius 1 is 1.43 bits per heavy atom. The molecule has 2 aromatic heterocycles. The first-order chi connectivity index (χ1) is 6.79. The number of halogens is 1. The smallest absolute Gasteiger partial charge is 0.153 e. The van der Waals surface area contributed by atoms with Crippen molar-refractivity contribution < 1.29 is 4.79 Å². The van der Waals surface area contributed by atoms with E-state index < -0.39 is 0 Å². The quantitative estimate of drug-likeness (QED) is 0.766. The molecular weight excluding hydrogens is 246 g/mol. The van der Waals surface area contributed by atoms with Gasteiger partial charge in [0.1, 0.15) is 10.9 Å². The Morgan fingerprint density at radius 2 is 2.29 bits per heavy atom. The van der Waals surface area contributed by atoms with Gasteiger partial charge in [0.2, 0.25) is 0 Å². The fraction of sp³-hybridized carbons (Fsp3) is 0. The Morgan fingerprint density at radius 3 is 2.93 bits per heavy atom. The topological polar surface area (TPSA) is 47.8 Å². The van der Waals surface area contributed by atoms with Crippen molar-refractivity contribution in [3.05, 3.63) is 40.8 Å². The first-order valence-electron chi connectivity index (χ1n) is 3.92. The van der Waals surface area contributed by atoms with Crippen LogP contribution in [0.25, 0.3) is 5.82 Å². The molecule has 0 aliphatic carbocycles. The number of carbonyl (C=O) groups is 1. The maximum Gasteiger partial charge on any atom is 0.153 e. The summed E-state index contributed by atoms with van der Waals surface area (Å²) in [5, 5.41) is 4.11. The molecule has 0 unspecified atom stereocenters. The van der Waals surface area contributed by atoms with Crippen molar-refractivity contribution >= 4 is 22.2 Å². The lowest BCUT2D eigenvalue weighted by atomic mass is 10.3. The average molecular weight is 252 g/mol. The summed E-state index contributed by atoms with van der Waals surface area (Å²) in [5.41, 5.74) is 0.585. The first-order valence-corrected chi connectivity index (χ1v) is 4.71. The predicted octanol–water partition coefficient (Wildman–Crippen LogP) is 1.84. The third-order valence-corrected chi connectivity index (χ3v) is 2.12. The fourth-order valence-electron chi connectivity index (χ4n) is 1.06. The number of aromatic nitrogens is 3. The number of hydrogen-bond acceptors (Lipinski definition) is 3. The highest BCUT2D eigenvalue weighted by Gasteiger charge is 2.00. The largest absolute Gasteiger partial charge is 0.298 e. The molecule has 0 atom stereocenters. The van der Waals surface area contributed by atoms with E-state index in [0.717, 1.165) is 10.9 Å². The van der Waals surface area contributed by atoms with E-state index >= 15 is 0 Å². The van der Waals surface area contributed by atoms with Gasteiger partial charge in [0.25, 0.3) is 0 Å². The molecular formula is C9H6BrN3O. The monoisotopic (exact) mass is 251 g/mol. The zero-order valence-corrected chi connectivity index (χ0v) is 8.68. The van der Waals surface area contributed by atoms with E-state index in [0.29, 0.717) is 11.4 Å². The van der Waals surface area contributed by atoms with Crippen LogP contribution in [0.1, 0.15) is 10.4 Å². The van der Waals surface area contributed by atoms with Crippen molar-refractivity contribution in [2.24, 2.45) is 0 Å². The Hall–Kier alpha value is -1.49. The van der Waals surface area contributed by atoms with Crippen LogP contribution in [0, 0.1) is 0 Å². The van der Waals surface area contributed by atoms with Crippen molar-refractivity contribution in [3.8, 4) is 5.82 Å². The highest BCUT2D eigenvalue weighted by Crippen LogP contribution is 2.09. The second-order valence-corrected chi connectivity index (χ2v) is 3.46. The van der Waals surface area contributed by atoms with Gasteiger partial charge < -0.3 is 0 Å². The van der Waals surface area contributed by atoms with Gasteiger partial charge in [0.15, 0.2) is 5.82 Å². The van der Waals surface area contributed by atoms with Crippen LogP contribution < -0.4 is 0 Å². The second kappa shape index (κ2) is 3.71. The summed E-state index contributed by atoms with van der Waals surface area (Å²) >= 11 is 3.24. The zero-order valence-electron chi connectivity index (χ0n) is 7.09. The van der Waals surface area contributed by atoms with Crippen LogP contribution in [0.5, 0.6) is 0 Å². The summed E-state index contributed by atoms with van der Waals surface area (Å²) < 4.78 is 2.33. The Bertz CT molecular complexity index is 467. The van der Waals surface area contributed by atoms with E-state index in [9.17, 15) is 4.79 Å². The van der Waals surface area contributed by atoms with Crippen molar-refractivity contribution in [1.82, 2.24) is 14.8 Å². The zero-order chi connectivity index (χ0) is 9.97. The molecule has 14 heavy (non-hydrogen) atoms. The highest BCUT2D eigenvalue weighted by molar-refractivity contribution is 9.10. The Kier molecular flexibility index (Phi) is 2.41. The molecule has 0 spiro atoms. The van der Waals surface area contributed by atoms with Gasteiger partial charge in [-0.25, -0.2) is 9.67 Å². The molecule has 0 fully saturated rings. The molecule has 0 aromatic carbocycles. The molecule has 5 heteroatoms. The lowest BCUT2D eigenvalue weighted by Crippen LogP contribution is -1.98. The molecule has 0 amide bonds. The van der Waals surface area contributed by atoms with Crippen LogP contribution in [-0.2, 0) is 0 Å². The lowest BCUT2D eigenvalue weighted by Gasteiger charge is -1.99. The molecule has 0 aliphatic heterocycles. The molecule has 70 valence electrons. The second-order valence-electron chi connectivity index (χ2n) is 2.65. The Balaban J connectivity index is 2.46. The minimum absolute atomic E-state index is 0.585. The van der Waals surface area contributed by atoms with Gasteiger partial charge >= 0.3 is 0 Å². The van der Waals surface area contributed by atoms with E-state index in [1.165, 1.54) is 0 Å². The molecule has 0 bridgehead atoms. The summed E-state index contributed by atoms with van der Waals surface area (Å²) in [6.45, 7) is 0.